The van der Waals surface area contributed by atoms with Gasteiger partial charge in [-0.1, -0.05) is 12.1 Å². The van der Waals surface area contributed by atoms with Gasteiger partial charge in [-0.3, -0.25) is 14.4 Å². The van der Waals surface area contributed by atoms with E-state index in [-0.39, 0.29) is 35.7 Å². The summed E-state index contributed by atoms with van der Waals surface area (Å²) >= 11 is 0.891. The lowest BCUT2D eigenvalue weighted by Gasteiger charge is -2.15. The fourth-order valence-electron chi connectivity index (χ4n) is 4.19. The topological polar surface area (TPSA) is 144 Å². The molecular weight excluding hydrogens is 535 g/mol. The van der Waals surface area contributed by atoms with Crippen LogP contribution < -0.4 is 16.0 Å². The quantitative estimate of drug-likeness (QED) is 0.343. The summed E-state index contributed by atoms with van der Waals surface area (Å²) in [5.41, 5.74) is 2.25. The molecule has 2 aromatic carbocycles. The molecule has 1 aromatic heterocycles. The zero-order chi connectivity index (χ0) is 27.0. The second kappa shape index (κ2) is 10.4. The maximum Gasteiger partial charge on any atom is 0.251 e. The summed E-state index contributed by atoms with van der Waals surface area (Å²) in [6.45, 7) is -0.0975. The summed E-state index contributed by atoms with van der Waals surface area (Å²) in [6.07, 6.45) is 1.74. The van der Waals surface area contributed by atoms with E-state index in [0.717, 1.165) is 29.7 Å². The number of nitrogens with zero attached hydrogens (tertiary/aromatic N) is 1. The Hall–Kier alpha value is -3.42. The van der Waals surface area contributed by atoms with Crippen molar-refractivity contribution in [1.29, 1.82) is 0 Å². The maximum absolute atomic E-state index is 15.2. The molecule has 200 valence electrons. The normalized spacial score (nSPS) is 15.7. The van der Waals surface area contributed by atoms with Gasteiger partial charge < -0.3 is 20.7 Å². The van der Waals surface area contributed by atoms with Gasteiger partial charge in [-0.05, 0) is 42.2 Å². The highest BCUT2D eigenvalue weighted by Gasteiger charge is 2.37. The first kappa shape index (κ1) is 26.2. The summed E-state index contributed by atoms with van der Waals surface area (Å²) < 4.78 is 46.7. The zero-order valence-electron chi connectivity index (χ0n) is 20.4. The van der Waals surface area contributed by atoms with Crippen LogP contribution in [0.2, 0.25) is 0 Å². The summed E-state index contributed by atoms with van der Waals surface area (Å²) in [7, 11) is -2.74. The monoisotopic (exact) mass is 560 g/mol. The molecule has 1 atom stereocenters. The SMILES string of the molecule is COCCS(=O)(=O)C(C(=O)NCC(=O)NC1CC1)c1nc2cc(-c3ccc4c(c3)C(=O)NC4)c(F)cc2s1. The van der Waals surface area contributed by atoms with E-state index in [9.17, 15) is 22.8 Å². The number of hydrogen-bond acceptors (Lipinski definition) is 8. The third-order valence-electron chi connectivity index (χ3n) is 6.36. The molecule has 3 N–H and O–H groups in total. The van der Waals surface area contributed by atoms with Crippen LogP contribution in [0.3, 0.4) is 0 Å². The molecular formula is C25H25FN4O6S2. The summed E-state index contributed by atoms with van der Waals surface area (Å²) in [5.74, 6) is -2.56. The largest absolute Gasteiger partial charge is 0.384 e. The lowest BCUT2D eigenvalue weighted by Crippen LogP contribution is -2.41. The first-order valence-electron chi connectivity index (χ1n) is 12.0. The number of amides is 3. The molecule has 10 nitrogen and oxygen atoms in total. The molecule has 1 fully saturated rings. The van der Waals surface area contributed by atoms with Gasteiger partial charge in [-0.25, -0.2) is 17.8 Å². The van der Waals surface area contributed by atoms with Crippen LogP contribution in [-0.4, -0.2) is 63.2 Å². The van der Waals surface area contributed by atoms with Gasteiger partial charge in [0.2, 0.25) is 11.8 Å². The third kappa shape index (κ3) is 5.40. The van der Waals surface area contributed by atoms with E-state index in [4.69, 9.17) is 4.74 Å². The Morgan fingerprint density at radius 3 is 2.76 bits per heavy atom. The average Bonchev–Trinajstić information content (AvgIpc) is 3.49. The van der Waals surface area contributed by atoms with Crippen molar-refractivity contribution in [2.24, 2.45) is 0 Å². The van der Waals surface area contributed by atoms with E-state index in [2.05, 4.69) is 20.9 Å². The van der Waals surface area contributed by atoms with Crippen LogP contribution in [0, 0.1) is 5.82 Å². The van der Waals surface area contributed by atoms with Gasteiger partial charge in [0.25, 0.3) is 5.91 Å². The standard InChI is InChI=1S/C25H25FN4O6S2/c1-36-6-7-38(34,35)22(24(33)28-12-21(31)29-15-4-5-15)25-30-19-9-16(18(26)10-20(19)37-25)13-2-3-14-11-27-23(32)17(14)8-13/h2-3,8-10,15,22H,4-7,11-12H2,1H3,(H,27,32)(H,28,33)(H,29,31). The molecule has 1 aliphatic heterocycles. The van der Waals surface area contributed by atoms with Crippen molar-refractivity contribution >= 4 is 49.1 Å². The Labute approximate surface area is 221 Å². The van der Waals surface area contributed by atoms with E-state index >= 15 is 4.39 Å². The number of rotatable bonds is 10. The Bertz CT molecular complexity index is 1550. The maximum atomic E-state index is 15.2. The second-order valence-electron chi connectivity index (χ2n) is 9.21. The van der Waals surface area contributed by atoms with Gasteiger partial charge in [0, 0.05) is 30.8 Å². The minimum atomic E-state index is -4.09. The van der Waals surface area contributed by atoms with Gasteiger partial charge in [-0.2, -0.15) is 0 Å². The van der Waals surface area contributed by atoms with Crippen LogP contribution in [0.25, 0.3) is 21.3 Å². The molecule has 1 saturated carbocycles. The summed E-state index contributed by atoms with van der Waals surface area (Å²) in [4.78, 5) is 41.6. The number of aromatic nitrogens is 1. The van der Waals surface area contributed by atoms with Crippen LogP contribution in [0.4, 0.5) is 4.39 Å². The van der Waals surface area contributed by atoms with E-state index in [1.807, 2.05) is 0 Å². The molecule has 13 heteroatoms. The number of benzene rings is 2. The van der Waals surface area contributed by atoms with E-state index in [1.54, 1.807) is 18.2 Å². The molecule has 3 amide bonds. The van der Waals surface area contributed by atoms with E-state index in [1.165, 1.54) is 19.2 Å². The number of ether oxygens (including phenoxy) is 1. The Kier molecular flexibility index (Phi) is 7.16. The predicted octanol–water partition coefficient (Wildman–Crippen LogP) is 1.84. The third-order valence-corrected chi connectivity index (χ3v) is 9.48. The van der Waals surface area contributed by atoms with Crippen molar-refractivity contribution in [3.63, 3.8) is 0 Å². The summed E-state index contributed by atoms with van der Waals surface area (Å²) in [5, 5.41) is 6.11. The van der Waals surface area contributed by atoms with Crippen LogP contribution in [0.1, 0.15) is 39.0 Å². The van der Waals surface area contributed by atoms with Crippen LogP contribution in [-0.2, 0) is 30.7 Å². The van der Waals surface area contributed by atoms with Crippen LogP contribution in [0.5, 0.6) is 0 Å². The number of carbonyl (C=O) groups is 3. The van der Waals surface area contributed by atoms with Crippen molar-refractivity contribution in [3.05, 3.63) is 52.3 Å². The highest BCUT2D eigenvalue weighted by molar-refractivity contribution is 7.92. The number of methoxy groups -OCH3 is 1. The molecule has 5 rings (SSSR count). The highest BCUT2D eigenvalue weighted by Crippen LogP contribution is 2.36. The number of sulfone groups is 1. The van der Waals surface area contributed by atoms with E-state index < -0.39 is 38.5 Å². The molecule has 2 aliphatic rings. The van der Waals surface area contributed by atoms with Crippen molar-refractivity contribution in [3.8, 4) is 11.1 Å². The second-order valence-corrected chi connectivity index (χ2v) is 12.5. The highest BCUT2D eigenvalue weighted by atomic mass is 32.2. The molecule has 0 radical (unpaired) electrons. The minimum Gasteiger partial charge on any atom is -0.384 e. The van der Waals surface area contributed by atoms with Gasteiger partial charge in [0.1, 0.15) is 10.8 Å². The molecule has 38 heavy (non-hydrogen) atoms. The fraction of sp³-hybridized carbons (Fsp3) is 0.360. The number of hydrogen-bond donors (Lipinski definition) is 3. The first-order chi connectivity index (χ1) is 18.2. The molecule has 0 saturated heterocycles. The smallest absolute Gasteiger partial charge is 0.251 e. The number of nitrogens with one attached hydrogen (secondary N) is 3. The molecule has 1 aliphatic carbocycles. The Morgan fingerprint density at radius 2 is 2.03 bits per heavy atom. The molecule has 2 heterocycles. The number of fused-ring (bicyclic) bond motifs is 2. The van der Waals surface area contributed by atoms with Gasteiger partial charge in [-0.15, -0.1) is 11.3 Å². The minimum absolute atomic E-state index is 0.0407. The molecule has 0 bridgehead atoms. The zero-order valence-corrected chi connectivity index (χ0v) is 22.0. The van der Waals surface area contributed by atoms with E-state index in [0.29, 0.717) is 27.9 Å². The molecule has 3 aromatic rings. The first-order valence-corrected chi connectivity index (χ1v) is 14.5. The van der Waals surface area contributed by atoms with Crippen molar-refractivity contribution < 1.29 is 31.9 Å². The fourth-order valence-corrected chi connectivity index (χ4v) is 7.14. The Balaban J connectivity index is 1.47. The van der Waals surface area contributed by atoms with Crippen molar-refractivity contribution in [1.82, 2.24) is 20.9 Å². The van der Waals surface area contributed by atoms with Crippen LogP contribution >= 0.6 is 11.3 Å². The lowest BCUT2D eigenvalue weighted by atomic mass is 10.00. The predicted molar refractivity (Wildman–Crippen MR) is 139 cm³/mol. The number of halogens is 1. The van der Waals surface area contributed by atoms with Gasteiger partial charge in [0.05, 0.1) is 29.1 Å². The summed E-state index contributed by atoms with van der Waals surface area (Å²) in [6, 6.07) is 7.86. The van der Waals surface area contributed by atoms with Gasteiger partial charge >= 0.3 is 0 Å². The Morgan fingerprint density at radius 1 is 1.24 bits per heavy atom. The number of thiazole rings is 1. The van der Waals surface area contributed by atoms with Gasteiger partial charge in [0.15, 0.2) is 15.1 Å². The van der Waals surface area contributed by atoms with Crippen molar-refractivity contribution in [2.45, 2.75) is 30.7 Å². The van der Waals surface area contributed by atoms with Crippen molar-refractivity contribution in [2.75, 3.05) is 26.0 Å². The number of carbonyl (C=O) groups excluding carboxylic acids is 3. The average molecular weight is 561 g/mol. The molecule has 1 unspecified atom stereocenters. The molecule has 0 spiro atoms. The lowest BCUT2D eigenvalue weighted by molar-refractivity contribution is -0.126. The van der Waals surface area contributed by atoms with Crippen LogP contribution in [0.15, 0.2) is 30.3 Å².